The van der Waals surface area contributed by atoms with Crippen molar-refractivity contribution in [2.75, 3.05) is 18.5 Å². The normalized spacial score (nSPS) is 15.3. The minimum absolute atomic E-state index is 0.0211. The van der Waals surface area contributed by atoms with Crippen LogP contribution in [0.5, 0.6) is 0 Å². The van der Waals surface area contributed by atoms with Gasteiger partial charge in [0, 0.05) is 31.3 Å². The third-order valence-electron chi connectivity index (χ3n) is 4.54. The van der Waals surface area contributed by atoms with Crippen molar-refractivity contribution in [1.82, 2.24) is 4.90 Å². The summed E-state index contributed by atoms with van der Waals surface area (Å²) in [6.07, 6.45) is -3.97. The lowest BCUT2D eigenvalue weighted by Gasteiger charge is -2.32. The summed E-state index contributed by atoms with van der Waals surface area (Å²) in [7, 11) is 1.21. The van der Waals surface area contributed by atoms with E-state index >= 15 is 0 Å². The van der Waals surface area contributed by atoms with E-state index < -0.39 is 29.2 Å². The van der Waals surface area contributed by atoms with Gasteiger partial charge in [-0.1, -0.05) is 0 Å². The van der Waals surface area contributed by atoms with Gasteiger partial charge in [-0.3, -0.25) is 9.59 Å². The van der Waals surface area contributed by atoms with Gasteiger partial charge in [0.15, 0.2) is 0 Å². The molecular weight excluding hydrogens is 353 g/mol. The molecular formula is C17H19F3N2O4. The van der Waals surface area contributed by atoms with Gasteiger partial charge < -0.3 is 14.9 Å². The van der Waals surface area contributed by atoms with Crippen molar-refractivity contribution in [3.8, 4) is 0 Å². The molecule has 1 aliphatic rings. The van der Waals surface area contributed by atoms with Crippen LogP contribution in [0.25, 0.3) is 0 Å². The Morgan fingerprint density at radius 3 is 2.27 bits per heavy atom. The van der Waals surface area contributed by atoms with Crippen molar-refractivity contribution in [1.29, 1.82) is 0 Å². The number of carbonyl (C=O) groups is 3. The van der Waals surface area contributed by atoms with Crippen molar-refractivity contribution in [2.45, 2.75) is 38.4 Å². The van der Waals surface area contributed by atoms with Crippen LogP contribution in [0.2, 0.25) is 0 Å². The number of carboxylic acid groups (broad SMARTS) is 1. The highest BCUT2D eigenvalue weighted by Crippen LogP contribution is 2.34. The highest BCUT2D eigenvalue weighted by Gasteiger charge is 2.38. The fourth-order valence-electron chi connectivity index (χ4n) is 2.57. The molecule has 0 bridgehead atoms. The first-order valence-corrected chi connectivity index (χ1v) is 7.90. The third-order valence-corrected chi connectivity index (χ3v) is 4.54. The molecule has 1 N–H and O–H groups in total. The molecule has 9 heteroatoms. The summed E-state index contributed by atoms with van der Waals surface area (Å²) in [6.45, 7) is 2.81. The van der Waals surface area contributed by atoms with E-state index in [0.29, 0.717) is 12.5 Å². The topological polar surface area (TPSA) is 77.9 Å². The van der Waals surface area contributed by atoms with Crippen LogP contribution >= 0.6 is 0 Å². The molecule has 0 atom stereocenters. The number of amides is 2. The fraction of sp³-hybridized carbons (Fsp3) is 0.471. The molecule has 0 unspecified atom stereocenters. The molecule has 142 valence electrons. The van der Waals surface area contributed by atoms with Crippen molar-refractivity contribution in [3.63, 3.8) is 0 Å². The molecule has 1 fully saturated rings. The van der Waals surface area contributed by atoms with E-state index in [0.717, 1.165) is 11.0 Å². The Labute approximate surface area is 148 Å². The summed E-state index contributed by atoms with van der Waals surface area (Å²) in [4.78, 5) is 37.9. The van der Waals surface area contributed by atoms with E-state index in [2.05, 4.69) is 0 Å². The molecule has 1 saturated heterocycles. The molecule has 1 aromatic carbocycles. The number of carbonyl (C=O) groups excluding carboxylic acids is 2. The highest BCUT2D eigenvalue weighted by molar-refractivity contribution is 6.00. The van der Waals surface area contributed by atoms with Gasteiger partial charge in [0.25, 0.3) is 5.91 Å². The molecule has 2 amide bonds. The van der Waals surface area contributed by atoms with Gasteiger partial charge in [-0.15, -0.1) is 0 Å². The number of hydrogen-bond donors (Lipinski definition) is 1. The molecule has 1 heterocycles. The monoisotopic (exact) mass is 372 g/mol. The number of halogens is 3. The highest BCUT2D eigenvalue weighted by atomic mass is 19.4. The SMILES string of the molecule is CN(C(=O)c1cc(N2CCCC2=O)cc(C(F)(F)F)c1)C(C)(C)C(=O)O. The number of hydrogen-bond acceptors (Lipinski definition) is 3. The van der Waals surface area contributed by atoms with Gasteiger partial charge >= 0.3 is 12.1 Å². The summed E-state index contributed by atoms with van der Waals surface area (Å²) >= 11 is 0. The second-order valence-electron chi connectivity index (χ2n) is 6.64. The third kappa shape index (κ3) is 3.66. The molecule has 0 radical (unpaired) electrons. The first kappa shape index (κ1) is 19.7. The summed E-state index contributed by atoms with van der Waals surface area (Å²) in [5.74, 6) is -2.49. The fourth-order valence-corrected chi connectivity index (χ4v) is 2.57. The number of likely N-dealkylation sites (N-methyl/N-ethyl adjacent to an activating group) is 1. The van der Waals surface area contributed by atoms with E-state index in [9.17, 15) is 32.7 Å². The molecule has 0 aromatic heterocycles. The molecule has 1 aromatic rings. The number of carboxylic acids is 1. The van der Waals surface area contributed by atoms with Crippen LogP contribution in [-0.2, 0) is 15.8 Å². The average molecular weight is 372 g/mol. The molecule has 2 rings (SSSR count). The Balaban J connectivity index is 2.52. The lowest BCUT2D eigenvalue weighted by atomic mass is 10.0. The maximum absolute atomic E-state index is 13.2. The molecule has 1 aliphatic heterocycles. The molecule has 26 heavy (non-hydrogen) atoms. The van der Waals surface area contributed by atoms with Crippen molar-refractivity contribution in [2.24, 2.45) is 0 Å². The summed E-state index contributed by atoms with van der Waals surface area (Å²) < 4.78 is 39.7. The zero-order chi connectivity index (χ0) is 19.9. The van der Waals surface area contributed by atoms with E-state index in [1.165, 1.54) is 31.9 Å². The molecule has 6 nitrogen and oxygen atoms in total. The number of rotatable bonds is 4. The van der Waals surface area contributed by atoms with E-state index in [1.54, 1.807) is 0 Å². The number of benzene rings is 1. The second-order valence-corrected chi connectivity index (χ2v) is 6.64. The number of aliphatic carboxylic acids is 1. The van der Waals surface area contributed by atoms with Gasteiger partial charge in [-0.25, -0.2) is 4.79 Å². The van der Waals surface area contributed by atoms with Crippen molar-refractivity contribution in [3.05, 3.63) is 29.3 Å². The standard InChI is InChI=1S/C17H19F3N2O4/c1-16(2,15(25)26)21(3)14(24)10-7-11(17(18,19)20)9-12(8-10)22-6-4-5-13(22)23/h7-9H,4-6H2,1-3H3,(H,25,26). The van der Waals surface area contributed by atoms with Crippen LogP contribution in [0.3, 0.4) is 0 Å². The summed E-state index contributed by atoms with van der Waals surface area (Å²) in [5, 5.41) is 9.23. The molecule has 0 aliphatic carbocycles. The molecule has 0 saturated carbocycles. The average Bonchev–Trinajstić information content (AvgIpc) is 2.98. The van der Waals surface area contributed by atoms with E-state index in [1.807, 2.05) is 0 Å². The van der Waals surface area contributed by atoms with Gasteiger partial charge in [-0.2, -0.15) is 13.2 Å². The number of alkyl halides is 3. The van der Waals surface area contributed by atoms with Crippen LogP contribution in [0.1, 0.15) is 42.6 Å². The quantitative estimate of drug-likeness (QED) is 0.882. The van der Waals surface area contributed by atoms with Crippen LogP contribution in [0, 0.1) is 0 Å². The Bertz CT molecular complexity index is 759. The van der Waals surface area contributed by atoms with Crippen LogP contribution in [0.15, 0.2) is 18.2 Å². The van der Waals surface area contributed by atoms with Crippen LogP contribution in [0.4, 0.5) is 18.9 Å². The van der Waals surface area contributed by atoms with E-state index in [4.69, 9.17) is 0 Å². The predicted molar refractivity (Wildman–Crippen MR) is 86.8 cm³/mol. The van der Waals surface area contributed by atoms with Gasteiger partial charge in [0.2, 0.25) is 5.91 Å². The first-order chi connectivity index (χ1) is 11.9. The maximum Gasteiger partial charge on any atom is 0.416 e. The minimum atomic E-state index is -4.71. The molecule has 0 spiro atoms. The van der Waals surface area contributed by atoms with Gasteiger partial charge in [0.1, 0.15) is 5.54 Å². The Hall–Kier alpha value is -2.58. The Kier molecular flexibility index (Phi) is 5.03. The lowest BCUT2D eigenvalue weighted by Crippen LogP contribution is -2.50. The Morgan fingerprint density at radius 1 is 1.19 bits per heavy atom. The second kappa shape index (κ2) is 6.62. The van der Waals surface area contributed by atoms with Crippen molar-refractivity contribution < 1.29 is 32.7 Å². The number of anilines is 1. The zero-order valence-corrected chi connectivity index (χ0v) is 14.6. The first-order valence-electron chi connectivity index (χ1n) is 7.90. The van der Waals surface area contributed by atoms with Crippen LogP contribution < -0.4 is 4.90 Å². The van der Waals surface area contributed by atoms with Crippen molar-refractivity contribution >= 4 is 23.5 Å². The lowest BCUT2D eigenvalue weighted by molar-refractivity contribution is -0.147. The predicted octanol–water partition coefficient (Wildman–Crippen LogP) is 2.77. The maximum atomic E-state index is 13.2. The summed E-state index contributed by atoms with van der Waals surface area (Å²) in [5.41, 5.74) is -3.03. The van der Waals surface area contributed by atoms with E-state index in [-0.39, 0.29) is 30.1 Å². The van der Waals surface area contributed by atoms with Crippen LogP contribution in [-0.4, -0.2) is 46.9 Å². The summed E-state index contributed by atoms with van der Waals surface area (Å²) in [6, 6.07) is 2.68. The van der Waals surface area contributed by atoms with Gasteiger partial charge in [-0.05, 0) is 38.5 Å². The smallest absolute Gasteiger partial charge is 0.416 e. The Morgan fingerprint density at radius 2 is 1.81 bits per heavy atom. The van der Waals surface area contributed by atoms with Gasteiger partial charge in [0.05, 0.1) is 5.56 Å². The zero-order valence-electron chi connectivity index (χ0n) is 14.6. The number of nitrogens with zero attached hydrogens (tertiary/aromatic N) is 2. The minimum Gasteiger partial charge on any atom is -0.480 e. The largest absolute Gasteiger partial charge is 0.480 e.